The number of hydrazone groups is 1. The van der Waals surface area contributed by atoms with Gasteiger partial charge in [0, 0.05) is 17.1 Å². The van der Waals surface area contributed by atoms with E-state index in [1.165, 1.54) is 0 Å². The Morgan fingerprint density at radius 2 is 1.92 bits per heavy atom. The highest BCUT2D eigenvalue weighted by Gasteiger charge is 2.05. The lowest BCUT2D eigenvalue weighted by Crippen LogP contribution is -2.19. The Bertz CT molecular complexity index is 761. The highest BCUT2D eigenvalue weighted by molar-refractivity contribution is 6.35. The van der Waals surface area contributed by atoms with Gasteiger partial charge in [-0.1, -0.05) is 35.3 Å². The van der Waals surface area contributed by atoms with Gasteiger partial charge in [-0.15, -0.1) is 0 Å². The van der Waals surface area contributed by atoms with Crippen molar-refractivity contribution >= 4 is 40.5 Å². The lowest BCUT2D eigenvalue weighted by molar-refractivity contribution is -0.121. The molecule has 0 radical (unpaired) electrons. The van der Waals surface area contributed by atoms with Gasteiger partial charge in [-0.2, -0.15) is 5.10 Å². The zero-order valence-corrected chi connectivity index (χ0v) is 15.3. The zero-order chi connectivity index (χ0) is 18.2. The molecule has 0 aromatic heterocycles. The molecular formula is C18H19Cl2N3O2. The first-order valence-corrected chi connectivity index (χ1v) is 8.48. The number of rotatable bonds is 7. The van der Waals surface area contributed by atoms with Crippen molar-refractivity contribution in [3.63, 3.8) is 0 Å². The molecule has 0 spiro atoms. The molecule has 0 unspecified atom stereocenters. The molecule has 0 heterocycles. The molecule has 7 heteroatoms. The van der Waals surface area contributed by atoms with Crippen LogP contribution in [0.4, 0.5) is 5.69 Å². The quantitative estimate of drug-likeness (QED) is 0.326. The van der Waals surface area contributed by atoms with Crippen LogP contribution in [0.1, 0.15) is 25.3 Å². The summed E-state index contributed by atoms with van der Waals surface area (Å²) < 4.78 is 5.53. The number of ether oxygens (including phenoxy) is 1. The lowest BCUT2D eigenvalue weighted by atomic mass is 10.1. The van der Waals surface area contributed by atoms with Gasteiger partial charge in [0.25, 0.3) is 0 Å². The number of carbonyl (C=O) groups is 1. The van der Waals surface area contributed by atoms with E-state index in [1.807, 2.05) is 19.1 Å². The molecular weight excluding hydrogens is 361 g/mol. The van der Waals surface area contributed by atoms with Crippen molar-refractivity contribution in [2.75, 3.05) is 12.3 Å². The Hall–Kier alpha value is -2.24. The topological polar surface area (TPSA) is 76.7 Å². The van der Waals surface area contributed by atoms with E-state index in [9.17, 15) is 4.79 Å². The van der Waals surface area contributed by atoms with Crippen molar-refractivity contribution in [1.29, 1.82) is 0 Å². The minimum Gasteiger partial charge on any atom is -0.492 e. The molecule has 0 aliphatic carbocycles. The number of halogens is 2. The molecule has 25 heavy (non-hydrogen) atoms. The smallest absolute Gasteiger partial charge is 0.240 e. The maximum absolute atomic E-state index is 11.8. The molecule has 0 fully saturated rings. The number of carbonyl (C=O) groups excluding carboxylic acids is 1. The van der Waals surface area contributed by atoms with Crippen molar-refractivity contribution < 1.29 is 9.53 Å². The SMILES string of the molecule is CC(=NNC(=O)CCCOc1ccc(Cl)cc1Cl)c1ccc(N)cc1. The molecule has 1 amide bonds. The van der Waals surface area contributed by atoms with E-state index in [0.29, 0.717) is 46.6 Å². The van der Waals surface area contributed by atoms with Crippen LogP contribution in [0.2, 0.25) is 10.0 Å². The monoisotopic (exact) mass is 379 g/mol. The lowest BCUT2D eigenvalue weighted by Gasteiger charge is -2.08. The summed E-state index contributed by atoms with van der Waals surface area (Å²) in [4.78, 5) is 11.8. The standard InChI is InChI=1S/C18H19Cl2N3O2/c1-12(13-4-7-15(21)8-5-13)22-23-18(24)3-2-10-25-17-9-6-14(19)11-16(17)20/h4-9,11H,2-3,10,21H2,1H3,(H,23,24). The normalized spacial score (nSPS) is 11.2. The molecule has 0 saturated carbocycles. The average Bonchev–Trinajstić information content (AvgIpc) is 2.58. The fraction of sp³-hybridized carbons (Fsp3) is 0.222. The van der Waals surface area contributed by atoms with Crippen LogP contribution in [0.25, 0.3) is 0 Å². The van der Waals surface area contributed by atoms with Crippen LogP contribution in [0.3, 0.4) is 0 Å². The van der Waals surface area contributed by atoms with Crippen molar-refractivity contribution in [3.8, 4) is 5.75 Å². The van der Waals surface area contributed by atoms with E-state index in [4.69, 9.17) is 33.7 Å². The average molecular weight is 380 g/mol. The zero-order valence-electron chi connectivity index (χ0n) is 13.8. The summed E-state index contributed by atoms with van der Waals surface area (Å²) in [5, 5.41) is 5.08. The molecule has 0 saturated heterocycles. The van der Waals surface area contributed by atoms with Crippen LogP contribution in [-0.4, -0.2) is 18.2 Å². The number of benzene rings is 2. The van der Waals surface area contributed by atoms with Gasteiger partial charge in [-0.25, -0.2) is 5.43 Å². The number of anilines is 1. The Balaban J connectivity index is 1.73. The Kier molecular flexibility index (Phi) is 7.10. The van der Waals surface area contributed by atoms with E-state index >= 15 is 0 Å². The third-order valence-corrected chi connectivity index (χ3v) is 3.91. The molecule has 2 aromatic carbocycles. The maximum Gasteiger partial charge on any atom is 0.240 e. The van der Waals surface area contributed by atoms with Gasteiger partial charge in [0.1, 0.15) is 5.75 Å². The summed E-state index contributed by atoms with van der Waals surface area (Å²) >= 11 is 11.8. The summed E-state index contributed by atoms with van der Waals surface area (Å²) in [6, 6.07) is 12.3. The fourth-order valence-electron chi connectivity index (χ4n) is 2.00. The minimum atomic E-state index is -0.180. The van der Waals surface area contributed by atoms with Crippen LogP contribution < -0.4 is 15.9 Å². The molecule has 0 atom stereocenters. The summed E-state index contributed by atoms with van der Waals surface area (Å²) in [6.45, 7) is 2.19. The van der Waals surface area contributed by atoms with Crippen molar-refractivity contribution in [1.82, 2.24) is 5.43 Å². The first-order valence-electron chi connectivity index (χ1n) is 7.72. The number of nitrogens with one attached hydrogen (secondary N) is 1. The van der Waals surface area contributed by atoms with E-state index in [-0.39, 0.29) is 5.91 Å². The Morgan fingerprint density at radius 3 is 2.60 bits per heavy atom. The molecule has 5 nitrogen and oxygen atoms in total. The largest absolute Gasteiger partial charge is 0.492 e. The second-order valence-corrected chi connectivity index (χ2v) is 6.22. The Morgan fingerprint density at radius 1 is 1.20 bits per heavy atom. The van der Waals surface area contributed by atoms with Crippen LogP contribution in [-0.2, 0) is 4.79 Å². The predicted octanol–water partition coefficient (Wildman–Crippen LogP) is 4.28. The van der Waals surface area contributed by atoms with E-state index in [2.05, 4.69) is 10.5 Å². The van der Waals surface area contributed by atoms with Gasteiger partial charge >= 0.3 is 0 Å². The molecule has 132 valence electrons. The highest BCUT2D eigenvalue weighted by Crippen LogP contribution is 2.27. The summed E-state index contributed by atoms with van der Waals surface area (Å²) in [6.07, 6.45) is 0.838. The van der Waals surface area contributed by atoms with Gasteiger partial charge in [-0.05, 0) is 49.2 Å². The maximum atomic E-state index is 11.8. The number of amides is 1. The van der Waals surface area contributed by atoms with Crippen LogP contribution in [0.15, 0.2) is 47.6 Å². The highest BCUT2D eigenvalue weighted by atomic mass is 35.5. The minimum absolute atomic E-state index is 0.180. The van der Waals surface area contributed by atoms with Crippen molar-refractivity contribution in [2.24, 2.45) is 5.10 Å². The number of nitrogen functional groups attached to an aromatic ring is 1. The number of hydrogen-bond acceptors (Lipinski definition) is 4. The van der Waals surface area contributed by atoms with Crippen LogP contribution >= 0.6 is 23.2 Å². The number of hydrogen-bond donors (Lipinski definition) is 2. The van der Waals surface area contributed by atoms with E-state index in [1.54, 1.807) is 30.3 Å². The van der Waals surface area contributed by atoms with E-state index in [0.717, 1.165) is 5.56 Å². The van der Waals surface area contributed by atoms with Crippen molar-refractivity contribution in [2.45, 2.75) is 19.8 Å². The van der Waals surface area contributed by atoms with Gasteiger partial charge in [0.2, 0.25) is 5.91 Å². The van der Waals surface area contributed by atoms with Crippen LogP contribution in [0.5, 0.6) is 5.75 Å². The van der Waals surface area contributed by atoms with Gasteiger partial charge in [0.05, 0.1) is 17.3 Å². The molecule has 2 rings (SSSR count). The second kappa shape index (κ2) is 9.30. The van der Waals surface area contributed by atoms with Gasteiger partial charge in [0.15, 0.2) is 0 Å². The van der Waals surface area contributed by atoms with Gasteiger partial charge < -0.3 is 10.5 Å². The second-order valence-electron chi connectivity index (χ2n) is 5.38. The number of nitrogens with zero attached hydrogens (tertiary/aromatic N) is 1. The third kappa shape index (κ3) is 6.29. The predicted molar refractivity (Wildman–Crippen MR) is 102 cm³/mol. The molecule has 0 aliphatic rings. The van der Waals surface area contributed by atoms with Crippen LogP contribution in [0, 0.1) is 0 Å². The van der Waals surface area contributed by atoms with Crippen molar-refractivity contribution in [3.05, 3.63) is 58.1 Å². The first-order chi connectivity index (χ1) is 12.0. The third-order valence-electron chi connectivity index (χ3n) is 3.38. The fourth-order valence-corrected chi connectivity index (χ4v) is 2.46. The molecule has 0 aliphatic heterocycles. The summed E-state index contributed by atoms with van der Waals surface area (Å²) in [5.74, 6) is 0.365. The first kappa shape index (κ1) is 19.1. The van der Waals surface area contributed by atoms with Gasteiger partial charge in [-0.3, -0.25) is 4.79 Å². The molecule has 2 aromatic rings. The summed E-state index contributed by atoms with van der Waals surface area (Å²) in [5.41, 5.74) is 10.5. The number of nitrogens with two attached hydrogens (primary N) is 1. The Labute approximate surface area is 156 Å². The molecule has 3 N–H and O–H groups in total. The summed E-state index contributed by atoms with van der Waals surface area (Å²) in [7, 11) is 0. The van der Waals surface area contributed by atoms with E-state index < -0.39 is 0 Å². The molecule has 0 bridgehead atoms.